The number of sulfonamides is 1. The monoisotopic (exact) mass is 514 g/mol. The number of nitrogens with one attached hydrogen (secondary N) is 2. The van der Waals surface area contributed by atoms with Gasteiger partial charge in [0.25, 0.3) is 17.7 Å². The number of hydrogen-bond acceptors (Lipinski definition) is 6. The van der Waals surface area contributed by atoms with Gasteiger partial charge < -0.3 is 10.6 Å². The minimum Gasteiger partial charge on any atom is -0.350 e. The average Bonchev–Trinajstić information content (AvgIpc) is 3.03. The van der Waals surface area contributed by atoms with Gasteiger partial charge in [-0.1, -0.05) is 17.7 Å². The second kappa shape index (κ2) is 9.29. The van der Waals surface area contributed by atoms with Gasteiger partial charge in [0.2, 0.25) is 10.0 Å². The number of rotatable bonds is 6. The van der Waals surface area contributed by atoms with E-state index in [-0.39, 0.29) is 26.9 Å². The van der Waals surface area contributed by atoms with Crippen LogP contribution in [0.15, 0.2) is 88.4 Å². The molecule has 4 rings (SSSR count). The molecule has 35 heavy (non-hydrogen) atoms. The van der Waals surface area contributed by atoms with Crippen molar-refractivity contribution in [3.8, 4) is 0 Å². The van der Waals surface area contributed by atoms with E-state index in [9.17, 15) is 27.2 Å². The number of carbonyl (C=O) groups excluding carboxylic acids is 3. The Morgan fingerprint density at radius 1 is 0.914 bits per heavy atom. The highest BCUT2D eigenvalue weighted by Crippen LogP contribution is 2.30. The van der Waals surface area contributed by atoms with Gasteiger partial charge in [-0.2, -0.15) is 0 Å². The molecule has 0 aliphatic carbocycles. The lowest BCUT2D eigenvalue weighted by atomic mass is 10.1. The number of imide groups is 1. The minimum absolute atomic E-state index is 0.0997. The zero-order valence-electron chi connectivity index (χ0n) is 17.7. The van der Waals surface area contributed by atoms with E-state index in [2.05, 4.69) is 10.6 Å². The van der Waals surface area contributed by atoms with Gasteiger partial charge in [-0.25, -0.2) is 22.8 Å². The molecule has 4 N–H and O–H groups in total. The lowest BCUT2D eigenvalue weighted by Crippen LogP contribution is -2.32. The highest BCUT2D eigenvalue weighted by Gasteiger charge is 2.39. The van der Waals surface area contributed by atoms with E-state index >= 15 is 0 Å². The van der Waals surface area contributed by atoms with Gasteiger partial charge in [-0.3, -0.25) is 14.4 Å². The number of amides is 3. The van der Waals surface area contributed by atoms with Gasteiger partial charge >= 0.3 is 0 Å². The van der Waals surface area contributed by atoms with Crippen LogP contribution in [0, 0.1) is 5.82 Å². The third kappa shape index (κ3) is 5.06. The summed E-state index contributed by atoms with van der Waals surface area (Å²) in [6.45, 7) is 0. The molecular weight excluding hydrogens is 499 g/mol. The molecule has 0 spiro atoms. The van der Waals surface area contributed by atoms with E-state index in [4.69, 9.17) is 16.7 Å². The van der Waals surface area contributed by atoms with Crippen molar-refractivity contribution in [1.82, 2.24) is 0 Å². The Morgan fingerprint density at radius 3 is 2.20 bits per heavy atom. The Labute approximate surface area is 204 Å². The number of halogens is 2. The fourth-order valence-electron chi connectivity index (χ4n) is 3.25. The fourth-order valence-corrected chi connectivity index (χ4v) is 3.98. The van der Waals surface area contributed by atoms with Crippen molar-refractivity contribution in [2.75, 3.05) is 15.5 Å². The third-order valence-electron chi connectivity index (χ3n) is 4.95. The van der Waals surface area contributed by atoms with Crippen LogP contribution in [-0.2, 0) is 19.6 Å². The second-order valence-electron chi connectivity index (χ2n) is 7.34. The van der Waals surface area contributed by atoms with Crippen molar-refractivity contribution in [2.45, 2.75) is 4.90 Å². The number of anilines is 3. The summed E-state index contributed by atoms with van der Waals surface area (Å²) in [6.07, 6.45) is 0. The second-order valence-corrected chi connectivity index (χ2v) is 9.28. The Balaban J connectivity index is 1.51. The smallest absolute Gasteiger partial charge is 0.283 e. The lowest BCUT2D eigenvalue weighted by Gasteiger charge is -2.15. The average molecular weight is 515 g/mol. The zero-order valence-corrected chi connectivity index (χ0v) is 19.2. The molecule has 0 saturated carbocycles. The standard InChI is InChI=1S/C23H16ClFN4O5S/c24-19-20(23(32)29(22(19)31)17-8-4-14(25)5-9-17)27-16-3-1-2-13(12-16)21(30)28-15-6-10-18(11-7-15)35(26,33)34/h1-12,27H,(H,28,30)(H2,26,33,34). The van der Waals surface area contributed by atoms with Crippen LogP contribution < -0.4 is 20.7 Å². The summed E-state index contributed by atoms with van der Waals surface area (Å²) < 4.78 is 35.9. The molecule has 12 heteroatoms. The molecule has 1 aliphatic rings. The molecule has 0 fully saturated rings. The first-order chi connectivity index (χ1) is 16.5. The van der Waals surface area contributed by atoms with E-state index in [1.807, 2.05) is 0 Å². The van der Waals surface area contributed by atoms with Gasteiger partial charge in [0.05, 0.1) is 10.6 Å². The van der Waals surface area contributed by atoms with Crippen LogP contribution in [-0.4, -0.2) is 26.1 Å². The first kappa shape index (κ1) is 24.1. The Morgan fingerprint density at radius 2 is 1.57 bits per heavy atom. The van der Waals surface area contributed by atoms with Crippen LogP contribution in [0.5, 0.6) is 0 Å². The Hall–Kier alpha value is -4.06. The number of hydrogen-bond donors (Lipinski definition) is 3. The first-order valence-electron chi connectivity index (χ1n) is 9.90. The van der Waals surface area contributed by atoms with Crippen molar-refractivity contribution in [3.05, 3.63) is 94.9 Å². The third-order valence-corrected chi connectivity index (χ3v) is 6.23. The minimum atomic E-state index is -3.86. The van der Waals surface area contributed by atoms with Crippen molar-refractivity contribution >= 4 is 56.4 Å². The topological polar surface area (TPSA) is 139 Å². The number of nitrogens with zero attached hydrogens (tertiary/aromatic N) is 1. The molecule has 0 unspecified atom stereocenters. The first-order valence-corrected chi connectivity index (χ1v) is 11.8. The molecule has 0 aromatic heterocycles. The number of carbonyl (C=O) groups is 3. The van der Waals surface area contributed by atoms with Crippen LogP contribution in [0.2, 0.25) is 0 Å². The van der Waals surface area contributed by atoms with Crippen LogP contribution in [0.3, 0.4) is 0 Å². The number of nitrogens with two attached hydrogens (primary N) is 1. The predicted octanol–water partition coefficient (Wildman–Crippen LogP) is 3.16. The Bertz CT molecular complexity index is 1490. The van der Waals surface area contributed by atoms with Gasteiger partial charge in [0, 0.05) is 16.9 Å². The fraction of sp³-hybridized carbons (Fsp3) is 0. The molecule has 1 aliphatic heterocycles. The van der Waals surface area contributed by atoms with Crippen molar-refractivity contribution < 1.29 is 27.2 Å². The molecule has 178 valence electrons. The van der Waals surface area contributed by atoms with Crippen molar-refractivity contribution in [3.63, 3.8) is 0 Å². The van der Waals surface area contributed by atoms with E-state index < -0.39 is 33.6 Å². The summed E-state index contributed by atoms with van der Waals surface area (Å²) in [5.74, 6) is -2.56. The van der Waals surface area contributed by atoms with E-state index in [0.29, 0.717) is 11.4 Å². The summed E-state index contributed by atoms with van der Waals surface area (Å²) >= 11 is 6.10. The highest BCUT2D eigenvalue weighted by molar-refractivity contribution is 7.89. The summed E-state index contributed by atoms with van der Waals surface area (Å²) in [4.78, 5) is 38.8. The highest BCUT2D eigenvalue weighted by atomic mass is 35.5. The maximum Gasteiger partial charge on any atom is 0.283 e. The maximum absolute atomic E-state index is 13.2. The number of benzene rings is 3. The molecule has 0 bridgehead atoms. The molecule has 0 radical (unpaired) electrons. The molecule has 0 saturated heterocycles. The predicted molar refractivity (Wildman–Crippen MR) is 128 cm³/mol. The van der Waals surface area contributed by atoms with Crippen molar-refractivity contribution in [2.24, 2.45) is 5.14 Å². The molecule has 3 aromatic rings. The molecule has 3 aromatic carbocycles. The van der Waals surface area contributed by atoms with E-state index in [1.54, 1.807) is 12.1 Å². The molecule has 3 amide bonds. The number of primary sulfonamides is 1. The van der Waals surface area contributed by atoms with E-state index in [0.717, 1.165) is 17.0 Å². The summed E-state index contributed by atoms with van der Waals surface area (Å²) in [5.41, 5.74) is 0.792. The molecule has 9 nitrogen and oxygen atoms in total. The van der Waals surface area contributed by atoms with Crippen LogP contribution in [0.25, 0.3) is 0 Å². The van der Waals surface area contributed by atoms with Gasteiger partial charge in [-0.05, 0) is 66.7 Å². The lowest BCUT2D eigenvalue weighted by molar-refractivity contribution is -0.120. The van der Waals surface area contributed by atoms with Gasteiger partial charge in [0.15, 0.2) is 0 Å². The van der Waals surface area contributed by atoms with Crippen molar-refractivity contribution in [1.29, 1.82) is 0 Å². The molecule has 0 atom stereocenters. The van der Waals surface area contributed by atoms with Crippen LogP contribution in [0.1, 0.15) is 10.4 Å². The van der Waals surface area contributed by atoms with Crippen LogP contribution >= 0.6 is 11.6 Å². The summed E-state index contributed by atoms with van der Waals surface area (Å²) in [6, 6.07) is 16.1. The summed E-state index contributed by atoms with van der Waals surface area (Å²) in [5, 5.41) is 10.1. The quantitative estimate of drug-likeness (QED) is 0.432. The van der Waals surface area contributed by atoms with Gasteiger partial charge in [0.1, 0.15) is 16.5 Å². The normalized spacial score (nSPS) is 13.9. The van der Waals surface area contributed by atoms with Crippen LogP contribution in [0.4, 0.5) is 21.5 Å². The summed E-state index contributed by atoms with van der Waals surface area (Å²) in [7, 11) is -3.86. The largest absolute Gasteiger partial charge is 0.350 e. The Kier molecular flexibility index (Phi) is 6.39. The maximum atomic E-state index is 13.2. The molecule has 1 heterocycles. The molecular formula is C23H16ClFN4O5S. The van der Waals surface area contributed by atoms with E-state index in [1.165, 1.54) is 48.5 Å². The van der Waals surface area contributed by atoms with Gasteiger partial charge in [-0.15, -0.1) is 0 Å². The SMILES string of the molecule is NS(=O)(=O)c1ccc(NC(=O)c2cccc(NC3=C(Cl)C(=O)N(c4ccc(F)cc4)C3=O)c2)cc1. The zero-order chi connectivity index (χ0) is 25.3.